The van der Waals surface area contributed by atoms with Crippen molar-refractivity contribution in [2.24, 2.45) is 0 Å². The maximum absolute atomic E-state index is 9.10. The summed E-state index contributed by atoms with van der Waals surface area (Å²) in [4.78, 5) is 4.07. The number of rotatable bonds is 3. The first kappa shape index (κ1) is 12.2. The number of hydrogen-bond acceptors (Lipinski definition) is 4. The summed E-state index contributed by atoms with van der Waals surface area (Å²) in [5, 5.41) is 13.4. The number of nitriles is 1. The normalized spacial score (nSPS) is 11.8. The van der Waals surface area contributed by atoms with Crippen LogP contribution in [0.25, 0.3) is 0 Å². The molecule has 3 nitrogen and oxygen atoms in total. The van der Waals surface area contributed by atoms with Crippen LogP contribution < -0.4 is 5.32 Å². The molecule has 6 heteroatoms. The molecule has 2 aromatic rings. The van der Waals surface area contributed by atoms with E-state index in [0.717, 1.165) is 5.69 Å². The molecule has 0 aliphatic rings. The number of nitrogens with zero attached hydrogens (tertiary/aromatic N) is 2. The Morgan fingerprint density at radius 1 is 1.41 bits per heavy atom. The van der Waals surface area contributed by atoms with Gasteiger partial charge in [0.25, 0.3) is 0 Å². The summed E-state index contributed by atoms with van der Waals surface area (Å²) in [7, 11) is 0. The van der Waals surface area contributed by atoms with E-state index in [1.165, 1.54) is 17.5 Å². The van der Waals surface area contributed by atoms with E-state index in [9.17, 15) is 0 Å². The fraction of sp³-hybridized carbons (Fsp3) is 0.0909. The number of aromatic nitrogens is 1. The molecule has 0 bridgehead atoms. The number of hydrogen-bond donors (Lipinski definition) is 1. The summed E-state index contributed by atoms with van der Waals surface area (Å²) in [5.41, 5.74) is 0.773. The summed E-state index contributed by atoms with van der Waals surface area (Å²) < 4.78 is 0.563. The Bertz CT molecular complexity index is 562. The lowest BCUT2D eigenvalue weighted by Gasteiger charge is -2.10. The lowest BCUT2D eigenvalue weighted by molar-refractivity contribution is 0.974. The Balaban J connectivity index is 2.19. The average molecular weight is 284 g/mol. The van der Waals surface area contributed by atoms with Gasteiger partial charge in [0.1, 0.15) is 9.34 Å². The molecular weight excluding hydrogens is 277 g/mol. The lowest BCUT2D eigenvalue weighted by atomic mass is 10.2. The molecule has 17 heavy (non-hydrogen) atoms. The van der Waals surface area contributed by atoms with Gasteiger partial charge >= 0.3 is 0 Å². The van der Waals surface area contributed by atoms with Gasteiger partial charge in [-0.05, 0) is 18.2 Å². The highest BCUT2D eigenvalue weighted by atomic mass is 35.5. The van der Waals surface area contributed by atoms with Crippen LogP contribution in [0.5, 0.6) is 0 Å². The zero-order chi connectivity index (χ0) is 12.3. The molecule has 1 aromatic carbocycles. The van der Waals surface area contributed by atoms with Crippen LogP contribution in [-0.2, 0) is 0 Å². The highest BCUT2D eigenvalue weighted by molar-refractivity contribution is 7.15. The van der Waals surface area contributed by atoms with Crippen molar-refractivity contribution in [2.75, 3.05) is 5.32 Å². The Kier molecular flexibility index (Phi) is 3.85. The topological polar surface area (TPSA) is 48.7 Å². The third kappa shape index (κ3) is 3.10. The van der Waals surface area contributed by atoms with E-state index in [1.54, 1.807) is 12.1 Å². The molecule has 0 spiro atoms. The maximum atomic E-state index is 9.10. The second-order valence-corrected chi connectivity index (χ2v) is 5.35. The third-order valence-electron chi connectivity index (χ3n) is 2.01. The lowest BCUT2D eigenvalue weighted by Crippen LogP contribution is -2.07. The van der Waals surface area contributed by atoms with E-state index >= 15 is 0 Å². The van der Waals surface area contributed by atoms with Crippen molar-refractivity contribution < 1.29 is 0 Å². The van der Waals surface area contributed by atoms with Crippen molar-refractivity contribution in [1.82, 2.24) is 4.98 Å². The minimum Gasteiger partial charge on any atom is -0.364 e. The first-order valence-corrected chi connectivity index (χ1v) is 6.29. The van der Waals surface area contributed by atoms with Crippen LogP contribution in [-0.4, -0.2) is 4.98 Å². The van der Waals surface area contributed by atoms with Crippen LogP contribution >= 0.6 is 34.5 Å². The molecule has 0 saturated carbocycles. The smallest absolute Gasteiger partial charge is 0.167 e. The number of thiazole rings is 1. The van der Waals surface area contributed by atoms with E-state index in [0.29, 0.717) is 14.4 Å². The fourth-order valence-electron chi connectivity index (χ4n) is 1.29. The summed E-state index contributed by atoms with van der Waals surface area (Å²) in [5.74, 6) is 0. The Hall–Kier alpha value is -1.28. The predicted octanol–water partition coefficient (Wildman–Crippen LogP) is 4.13. The number of halogens is 2. The monoisotopic (exact) mass is 283 g/mol. The van der Waals surface area contributed by atoms with Gasteiger partial charge in [0.05, 0.1) is 12.3 Å². The summed E-state index contributed by atoms with van der Waals surface area (Å²) in [6, 6.07) is 8.79. The second-order valence-electron chi connectivity index (χ2n) is 3.22. The van der Waals surface area contributed by atoms with Gasteiger partial charge in [-0.15, -0.1) is 11.3 Å². The highest BCUT2D eigenvalue weighted by Gasteiger charge is 2.14. The first-order valence-electron chi connectivity index (χ1n) is 4.72. The van der Waals surface area contributed by atoms with Crippen LogP contribution in [0.15, 0.2) is 30.5 Å². The van der Waals surface area contributed by atoms with E-state index in [-0.39, 0.29) is 0 Å². The summed E-state index contributed by atoms with van der Waals surface area (Å²) in [6.07, 6.45) is 1.53. The molecule has 1 heterocycles. The maximum Gasteiger partial charge on any atom is 0.167 e. The molecule has 1 unspecified atom stereocenters. The Labute approximate surface area is 113 Å². The van der Waals surface area contributed by atoms with E-state index in [2.05, 4.69) is 16.4 Å². The quantitative estimate of drug-likeness (QED) is 0.922. The predicted molar refractivity (Wildman–Crippen MR) is 70.6 cm³/mol. The van der Waals surface area contributed by atoms with Crippen LogP contribution in [0.1, 0.15) is 11.0 Å². The van der Waals surface area contributed by atoms with Gasteiger partial charge < -0.3 is 5.32 Å². The standard InChI is InChI=1S/C11H7Cl2N3S/c12-7-2-1-3-8(4-7)16-9(5-14)11-15-6-10(13)17-11/h1-4,6,9,16H. The SMILES string of the molecule is N#CC(Nc1cccc(Cl)c1)c1ncc(Cl)s1. The Morgan fingerprint density at radius 2 is 2.24 bits per heavy atom. The van der Waals surface area contributed by atoms with Gasteiger partial charge in [-0.25, -0.2) is 4.98 Å². The zero-order valence-corrected chi connectivity index (χ0v) is 10.9. The van der Waals surface area contributed by atoms with E-state index in [1.807, 2.05) is 12.1 Å². The van der Waals surface area contributed by atoms with Gasteiger partial charge in [-0.2, -0.15) is 5.26 Å². The van der Waals surface area contributed by atoms with Crippen molar-refractivity contribution >= 4 is 40.2 Å². The minimum absolute atomic E-state index is 0.522. The van der Waals surface area contributed by atoms with E-state index < -0.39 is 6.04 Å². The van der Waals surface area contributed by atoms with Gasteiger partial charge in [0, 0.05) is 10.7 Å². The van der Waals surface area contributed by atoms with Gasteiger partial charge in [0.2, 0.25) is 0 Å². The Morgan fingerprint density at radius 3 is 2.82 bits per heavy atom. The number of benzene rings is 1. The van der Waals surface area contributed by atoms with E-state index in [4.69, 9.17) is 28.5 Å². The molecule has 1 N–H and O–H groups in total. The molecule has 0 amide bonds. The van der Waals surface area contributed by atoms with Crippen LogP contribution in [0, 0.1) is 11.3 Å². The van der Waals surface area contributed by atoms with Crippen molar-refractivity contribution in [3.8, 4) is 6.07 Å². The molecule has 0 radical (unpaired) electrons. The molecule has 1 atom stereocenters. The van der Waals surface area contributed by atoms with Crippen molar-refractivity contribution in [3.05, 3.63) is 44.8 Å². The largest absolute Gasteiger partial charge is 0.364 e. The van der Waals surface area contributed by atoms with Gasteiger partial charge in [0.15, 0.2) is 6.04 Å². The number of anilines is 1. The first-order chi connectivity index (χ1) is 8.19. The molecule has 86 valence electrons. The summed E-state index contributed by atoms with van der Waals surface area (Å²) >= 11 is 12.9. The molecule has 1 aromatic heterocycles. The zero-order valence-electron chi connectivity index (χ0n) is 8.52. The minimum atomic E-state index is -0.522. The average Bonchev–Trinajstić information content (AvgIpc) is 2.73. The van der Waals surface area contributed by atoms with Crippen LogP contribution in [0.4, 0.5) is 5.69 Å². The second kappa shape index (κ2) is 5.37. The molecule has 0 fully saturated rings. The van der Waals surface area contributed by atoms with Crippen LogP contribution in [0.3, 0.4) is 0 Å². The van der Waals surface area contributed by atoms with Crippen molar-refractivity contribution in [1.29, 1.82) is 5.26 Å². The molecule has 0 saturated heterocycles. The molecule has 0 aliphatic carbocycles. The number of nitrogens with one attached hydrogen (secondary N) is 1. The molecule has 2 rings (SSSR count). The van der Waals surface area contributed by atoms with Crippen molar-refractivity contribution in [3.63, 3.8) is 0 Å². The fourth-order valence-corrected chi connectivity index (χ4v) is 2.41. The van der Waals surface area contributed by atoms with Gasteiger partial charge in [-0.3, -0.25) is 0 Å². The third-order valence-corrected chi connectivity index (χ3v) is 3.42. The summed E-state index contributed by atoms with van der Waals surface area (Å²) in [6.45, 7) is 0. The van der Waals surface area contributed by atoms with Gasteiger partial charge in [-0.1, -0.05) is 29.3 Å². The highest BCUT2D eigenvalue weighted by Crippen LogP contribution is 2.27. The molecular formula is C11H7Cl2N3S. The van der Waals surface area contributed by atoms with Crippen molar-refractivity contribution in [2.45, 2.75) is 6.04 Å². The molecule has 0 aliphatic heterocycles. The van der Waals surface area contributed by atoms with Crippen LogP contribution in [0.2, 0.25) is 9.36 Å².